The third kappa shape index (κ3) is 4.64. The first-order chi connectivity index (χ1) is 12.8. The molecule has 1 aromatic rings. The summed E-state index contributed by atoms with van der Waals surface area (Å²) >= 11 is 12.3. The number of carbonyl (C=O) groups excluding carboxylic acids is 4. The van der Waals surface area contributed by atoms with E-state index in [2.05, 4.69) is 35.7 Å². The van der Waals surface area contributed by atoms with Crippen LogP contribution in [0.2, 0.25) is 4.34 Å². The largest absolute Gasteiger partial charge is 0.467 e. The molecule has 11 nitrogen and oxygen atoms in total. The Morgan fingerprint density at radius 2 is 2.07 bits per heavy atom. The van der Waals surface area contributed by atoms with Crippen molar-refractivity contribution in [1.82, 2.24) is 15.6 Å². The molecule has 2 heterocycles. The number of ether oxygens (including phenoxy) is 1. The minimum absolute atomic E-state index is 0.0356. The van der Waals surface area contributed by atoms with Gasteiger partial charge in [-0.25, -0.2) is 9.78 Å². The van der Waals surface area contributed by atoms with Crippen molar-refractivity contribution in [2.75, 3.05) is 25.4 Å². The van der Waals surface area contributed by atoms with Gasteiger partial charge < -0.3 is 25.5 Å². The summed E-state index contributed by atoms with van der Waals surface area (Å²) in [5, 5.41) is 10.7. The zero-order chi connectivity index (χ0) is 20.1. The molecule has 27 heavy (non-hydrogen) atoms. The summed E-state index contributed by atoms with van der Waals surface area (Å²) < 4.78 is 4.57. The van der Waals surface area contributed by atoms with Crippen molar-refractivity contribution in [2.24, 2.45) is 5.16 Å². The lowest BCUT2D eigenvalue weighted by molar-refractivity contribution is -0.153. The molecule has 0 saturated carbocycles. The van der Waals surface area contributed by atoms with Crippen molar-refractivity contribution in [3.8, 4) is 0 Å². The first-order valence-electron chi connectivity index (χ1n) is 7.15. The molecule has 0 radical (unpaired) electrons. The van der Waals surface area contributed by atoms with Crippen LogP contribution in [0.3, 0.4) is 0 Å². The molecule has 1 aliphatic heterocycles. The molecule has 1 aromatic heterocycles. The molecule has 2 atom stereocenters. The molecule has 0 spiro atoms. The summed E-state index contributed by atoms with van der Waals surface area (Å²) in [6, 6.07) is -2.18. The number of amides is 3. The van der Waals surface area contributed by atoms with Gasteiger partial charge in [0.1, 0.15) is 29.1 Å². The second kappa shape index (κ2) is 8.97. The molecule has 14 heteroatoms. The first kappa shape index (κ1) is 20.9. The van der Waals surface area contributed by atoms with Crippen LogP contribution in [0.1, 0.15) is 5.69 Å². The summed E-state index contributed by atoms with van der Waals surface area (Å²) in [5.74, 6) is -2.97. The van der Waals surface area contributed by atoms with Crippen molar-refractivity contribution in [2.45, 2.75) is 12.1 Å². The van der Waals surface area contributed by atoms with E-state index in [0.717, 1.165) is 18.4 Å². The van der Waals surface area contributed by atoms with Crippen molar-refractivity contribution < 1.29 is 28.8 Å². The number of nitrogens with one attached hydrogen (secondary N) is 3. The summed E-state index contributed by atoms with van der Waals surface area (Å²) in [6.45, 7) is 0. The van der Waals surface area contributed by atoms with Crippen molar-refractivity contribution in [3.05, 3.63) is 10.0 Å². The molecule has 3 amide bonds. The Kier molecular flexibility index (Phi) is 6.93. The fraction of sp³-hybridized carbons (Fsp3) is 0.385. The number of alkyl halides is 1. The number of β-lactam (4-membered cyclic amide) rings is 1. The van der Waals surface area contributed by atoms with Crippen molar-refractivity contribution in [1.29, 1.82) is 0 Å². The number of methoxy groups -OCH3 is 1. The monoisotopic (exact) mass is 437 g/mol. The molecule has 146 valence electrons. The van der Waals surface area contributed by atoms with Crippen molar-refractivity contribution >= 4 is 69.1 Å². The molecule has 2 rings (SSSR count). The Labute approximate surface area is 166 Å². The van der Waals surface area contributed by atoms with Crippen LogP contribution < -0.4 is 16.0 Å². The van der Waals surface area contributed by atoms with E-state index < -0.39 is 35.8 Å². The average molecular weight is 438 g/mol. The SMILES string of the molecule is CON=C(C(=O)N[C@H]1C(=O)N[C@H]1C(=O)OC)c1nc(NC(=O)CCl)sc1Cl. The number of rotatable bonds is 7. The van der Waals surface area contributed by atoms with E-state index in [1.807, 2.05) is 0 Å². The van der Waals surface area contributed by atoms with E-state index in [4.69, 9.17) is 23.2 Å². The van der Waals surface area contributed by atoms with Gasteiger partial charge in [-0.05, 0) is 0 Å². The van der Waals surface area contributed by atoms with Gasteiger partial charge in [0.05, 0.1) is 7.11 Å². The van der Waals surface area contributed by atoms with Gasteiger partial charge in [-0.1, -0.05) is 28.1 Å². The lowest BCUT2D eigenvalue weighted by atomic mass is 9.99. The lowest BCUT2D eigenvalue weighted by Crippen LogP contribution is -2.72. The maximum Gasteiger partial charge on any atom is 0.331 e. The Balaban J connectivity index is 2.21. The number of aromatic nitrogens is 1. The Morgan fingerprint density at radius 3 is 2.63 bits per heavy atom. The summed E-state index contributed by atoms with van der Waals surface area (Å²) in [4.78, 5) is 55.7. The third-order valence-electron chi connectivity index (χ3n) is 3.23. The first-order valence-corrected chi connectivity index (χ1v) is 8.88. The molecule has 1 aliphatic rings. The van der Waals surface area contributed by atoms with Crippen LogP contribution in [0.25, 0.3) is 0 Å². The lowest BCUT2D eigenvalue weighted by Gasteiger charge is -2.34. The van der Waals surface area contributed by atoms with Gasteiger partial charge >= 0.3 is 5.97 Å². The number of oxime groups is 1. The highest BCUT2D eigenvalue weighted by Crippen LogP contribution is 2.29. The molecule has 0 unspecified atom stereocenters. The Morgan fingerprint density at radius 1 is 1.37 bits per heavy atom. The highest BCUT2D eigenvalue weighted by Gasteiger charge is 2.46. The number of thiazole rings is 1. The van der Waals surface area contributed by atoms with E-state index in [1.165, 1.54) is 7.11 Å². The van der Waals surface area contributed by atoms with Gasteiger partial charge in [0, 0.05) is 0 Å². The fourth-order valence-corrected chi connectivity index (χ4v) is 3.13. The number of hydrogen-bond donors (Lipinski definition) is 3. The average Bonchev–Trinajstić information content (AvgIpc) is 3.00. The predicted molar refractivity (Wildman–Crippen MR) is 95.9 cm³/mol. The number of carbonyl (C=O) groups is 4. The van der Waals surface area contributed by atoms with Crippen molar-refractivity contribution in [3.63, 3.8) is 0 Å². The molecule has 0 bridgehead atoms. The quantitative estimate of drug-likeness (QED) is 0.171. The smallest absolute Gasteiger partial charge is 0.331 e. The molecule has 3 N–H and O–H groups in total. The number of hydrogen-bond acceptors (Lipinski definition) is 9. The number of esters is 1. The van der Waals surface area contributed by atoms with Crippen LogP contribution in [0.15, 0.2) is 5.16 Å². The second-order valence-corrected chi connectivity index (χ2v) is 6.77. The van der Waals surface area contributed by atoms with E-state index >= 15 is 0 Å². The van der Waals surface area contributed by atoms with Crippen LogP contribution in [0.5, 0.6) is 0 Å². The summed E-state index contributed by atoms with van der Waals surface area (Å²) in [5.41, 5.74) is -0.436. The van der Waals surface area contributed by atoms with Gasteiger partial charge in [-0.15, -0.1) is 11.6 Å². The minimum Gasteiger partial charge on any atom is -0.467 e. The topological polar surface area (TPSA) is 148 Å². The number of anilines is 1. The van der Waals surface area contributed by atoms with E-state index in [0.29, 0.717) is 0 Å². The molecule has 1 saturated heterocycles. The Bertz CT molecular complexity index is 813. The van der Waals surface area contributed by atoms with Gasteiger partial charge in [0.2, 0.25) is 11.8 Å². The second-order valence-electron chi connectivity index (χ2n) is 4.91. The molecule has 1 fully saturated rings. The fourth-order valence-electron chi connectivity index (χ4n) is 2.00. The standard InChI is InChI=1S/C13H13Cl2N5O6S/c1-25-12(24)8-6(10(22)18-8)17-11(23)7(20-26-2)5-9(15)27-13(19-5)16-4(21)3-14/h6,8H,3H2,1-2H3,(H,17,23)(H,18,22)(H,16,19,21)/t6-,8-/m1/s1. The minimum atomic E-state index is -1.15. The third-order valence-corrected chi connectivity index (χ3v) is 4.64. The maximum atomic E-state index is 12.5. The molecular formula is C13H13Cl2N5O6S. The Hall–Kier alpha value is -2.44. The highest BCUT2D eigenvalue weighted by molar-refractivity contribution is 7.20. The zero-order valence-corrected chi connectivity index (χ0v) is 16.2. The maximum absolute atomic E-state index is 12.5. The van der Waals surface area contributed by atoms with Crippen LogP contribution in [0.4, 0.5) is 5.13 Å². The highest BCUT2D eigenvalue weighted by atomic mass is 35.5. The van der Waals surface area contributed by atoms with E-state index in [9.17, 15) is 19.2 Å². The zero-order valence-electron chi connectivity index (χ0n) is 13.9. The molecule has 0 aromatic carbocycles. The normalized spacial score (nSPS) is 18.8. The van der Waals surface area contributed by atoms with Gasteiger partial charge in [0.25, 0.3) is 5.91 Å². The number of halogens is 2. The van der Waals surface area contributed by atoms with Gasteiger partial charge in [-0.2, -0.15) is 0 Å². The summed E-state index contributed by atoms with van der Waals surface area (Å²) in [7, 11) is 2.34. The van der Waals surface area contributed by atoms with Gasteiger partial charge in [-0.3, -0.25) is 14.4 Å². The number of nitrogens with zero attached hydrogens (tertiary/aromatic N) is 2. The van der Waals surface area contributed by atoms with E-state index in [-0.39, 0.29) is 26.8 Å². The van der Waals surface area contributed by atoms with E-state index in [1.54, 1.807) is 0 Å². The van der Waals surface area contributed by atoms with Gasteiger partial charge in [0.15, 0.2) is 16.9 Å². The predicted octanol–water partition coefficient (Wildman–Crippen LogP) is -0.519. The van der Waals surface area contributed by atoms with Crippen LogP contribution in [-0.2, 0) is 28.8 Å². The molecular weight excluding hydrogens is 425 g/mol. The summed E-state index contributed by atoms with van der Waals surface area (Å²) in [6.07, 6.45) is 0. The van der Waals surface area contributed by atoms with Crippen LogP contribution in [0, 0.1) is 0 Å². The molecule has 0 aliphatic carbocycles. The van der Waals surface area contributed by atoms with Crippen LogP contribution >= 0.6 is 34.5 Å². The van der Waals surface area contributed by atoms with Crippen LogP contribution in [-0.4, -0.2) is 66.6 Å².